The van der Waals surface area contributed by atoms with Crippen LogP contribution in [0.5, 0.6) is 0 Å². The average Bonchev–Trinajstić information content (AvgIpc) is 1.91. The summed E-state index contributed by atoms with van der Waals surface area (Å²) in [6, 6.07) is 0. The predicted molar refractivity (Wildman–Crippen MR) is 37.2 cm³/mol. The fourth-order valence-corrected chi connectivity index (χ4v) is 2.81. The summed E-state index contributed by atoms with van der Waals surface area (Å²) in [7, 11) is 2.22. The van der Waals surface area contributed by atoms with Crippen LogP contribution in [0.2, 0.25) is 0 Å². The normalized spacial score (nSPS) is 46.1. The summed E-state index contributed by atoms with van der Waals surface area (Å²) in [5, 5.41) is 1.01. The molecule has 2 heteroatoms. The van der Waals surface area contributed by atoms with E-state index in [-0.39, 0.29) is 0 Å². The Balaban J connectivity index is 2.00. The summed E-state index contributed by atoms with van der Waals surface area (Å²) < 4.78 is 0. The number of hydrogen-bond acceptors (Lipinski definition) is 2. The molecule has 46 valence electrons. The van der Waals surface area contributed by atoms with Crippen LogP contribution >= 0.6 is 11.8 Å². The molecule has 2 atom stereocenters. The first-order chi connectivity index (χ1) is 3.86. The fourth-order valence-electron chi connectivity index (χ4n) is 1.52. The van der Waals surface area contributed by atoms with E-state index in [1.807, 2.05) is 0 Å². The van der Waals surface area contributed by atoms with Crippen LogP contribution in [0.4, 0.5) is 0 Å². The van der Waals surface area contributed by atoms with Crippen LogP contribution in [0.1, 0.15) is 0 Å². The minimum Gasteiger partial charge on any atom is -0.305 e. The molecule has 2 saturated heterocycles. The van der Waals surface area contributed by atoms with Crippen LogP contribution in [-0.4, -0.2) is 36.0 Å². The van der Waals surface area contributed by atoms with Crippen molar-refractivity contribution in [2.75, 3.05) is 25.9 Å². The third-order valence-corrected chi connectivity index (χ3v) is 3.67. The molecule has 2 aliphatic heterocycles. The summed E-state index contributed by atoms with van der Waals surface area (Å²) in [4.78, 5) is 2.44. The summed E-state index contributed by atoms with van der Waals surface area (Å²) in [5.74, 6) is 2.49. The van der Waals surface area contributed by atoms with Gasteiger partial charge in [-0.15, -0.1) is 0 Å². The lowest BCUT2D eigenvalue weighted by molar-refractivity contribution is 0.404. The summed E-state index contributed by atoms with van der Waals surface area (Å²) in [5.41, 5.74) is 0. The van der Waals surface area contributed by atoms with Crippen molar-refractivity contribution in [1.29, 1.82) is 0 Å². The van der Waals surface area contributed by atoms with Gasteiger partial charge in [0, 0.05) is 18.3 Å². The molecular weight excluding hydrogens is 118 g/mol. The molecule has 0 spiro atoms. The van der Waals surface area contributed by atoms with Crippen molar-refractivity contribution in [3.63, 3.8) is 0 Å². The highest BCUT2D eigenvalue weighted by Crippen LogP contribution is 2.39. The highest BCUT2D eigenvalue weighted by Gasteiger charge is 2.38. The number of fused-ring (bicyclic) bond motifs is 1. The minimum absolute atomic E-state index is 1.01. The Morgan fingerprint density at radius 3 is 2.62 bits per heavy atom. The summed E-state index contributed by atoms with van der Waals surface area (Å²) in [6.45, 7) is 2.70. The van der Waals surface area contributed by atoms with Crippen LogP contribution in [-0.2, 0) is 0 Å². The molecule has 2 unspecified atom stereocenters. The molecule has 2 heterocycles. The van der Waals surface area contributed by atoms with Gasteiger partial charge in [0.15, 0.2) is 0 Å². The topological polar surface area (TPSA) is 3.24 Å². The van der Waals surface area contributed by atoms with E-state index in [1.165, 1.54) is 18.8 Å². The smallest absolute Gasteiger partial charge is 0.0223 e. The first-order valence-corrected chi connectivity index (χ1v) is 4.21. The van der Waals surface area contributed by atoms with Crippen LogP contribution in [0.3, 0.4) is 0 Å². The second-order valence-electron chi connectivity index (χ2n) is 2.85. The molecular formula is C6H11NS. The molecule has 0 aromatic carbocycles. The molecule has 1 nitrogen and oxygen atoms in total. The SMILES string of the molecule is CN1CC2CSC2C1. The van der Waals surface area contributed by atoms with E-state index in [1.54, 1.807) is 0 Å². The Morgan fingerprint density at radius 2 is 2.38 bits per heavy atom. The van der Waals surface area contributed by atoms with Crippen LogP contribution in [0.25, 0.3) is 0 Å². The lowest BCUT2D eigenvalue weighted by Crippen LogP contribution is -2.28. The zero-order chi connectivity index (χ0) is 5.56. The van der Waals surface area contributed by atoms with Gasteiger partial charge in [-0.25, -0.2) is 0 Å². The second kappa shape index (κ2) is 1.64. The van der Waals surface area contributed by atoms with Gasteiger partial charge in [-0.3, -0.25) is 0 Å². The Morgan fingerprint density at radius 1 is 1.50 bits per heavy atom. The van der Waals surface area contributed by atoms with Crippen molar-refractivity contribution in [1.82, 2.24) is 4.90 Å². The largest absolute Gasteiger partial charge is 0.305 e. The Kier molecular flexibility index (Phi) is 1.05. The first kappa shape index (κ1) is 5.12. The Hall–Kier alpha value is 0.310. The fraction of sp³-hybridized carbons (Fsp3) is 1.00. The maximum absolute atomic E-state index is 2.44. The van der Waals surface area contributed by atoms with Crippen LogP contribution in [0.15, 0.2) is 0 Å². The monoisotopic (exact) mass is 129 g/mol. The van der Waals surface area contributed by atoms with E-state index >= 15 is 0 Å². The zero-order valence-corrected chi connectivity index (χ0v) is 5.95. The van der Waals surface area contributed by atoms with E-state index in [9.17, 15) is 0 Å². The van der Waals surface area contributed by atoms with E-state index in [4.69, 9.17) is 0 Å². The number of hydrogen-bond donors (Lipinski definition) is 0. The van der Waals surface area contributed by atoms with Crippen molar-refractivity contribution in [2.45, 2.75) is 5.25 Å². The highest BCUT2D eigenvalue weighted by molar-refractivity contribution is 8.01. The maximum atomic E-state index is 2.44. The maximum Gasteiger partial charge on any atom is 0.0223 e. The van der Waals surface area contributed by atoms with E-state index < -0.39 is 0 Å². The van der Waals surface area contributed by atoms with Gasteiger partial charge in [-0.05, 0) is 18.7 Å². The molecule has 8 heavy (non-hydrogen) atoms. The van der Waals surface area contributed by atoms with Gasteiger partial charge in [0.2, 0.25) is 0 Å². The molecule has 0 aromatic heterocycles. The van der Waals surface area contributed by atoms with Gasteiger partial charge in [0.1, 0.15) is 0 Å². The van der Waals surface area contributed by atoms with Crippen LogP contribution < -0.4 is 0 Å². The quantitative estimate of drug-likeness (QED) is 0.473. The van der Waals surface area contributed by atoms with Crippen molar-refractivity contribution in [2.24, 2.45) is 5.92 Å². The number of nitrogens with zero attached hydrogens (tertiary/aromatic N) is 1. The molecule has 0 aromatic rings. The average molecular weight is 129 g/mol. The van der Waals surface area contributed by atoms with Gasteiger partial charge in [-0.2, -0.15) is 11.8 Å². The van der Waals surface area contributed by atoms with Crippen molar-refractivity contribution in [3.8, 4) is 0 Å². The van der Waals surface area contributed by atoms with Crippen molar-refractivity contribution < 1.29 is 0 Å². The molecule has 0 saturated carbocycles. The van der Waals surface area contributed by atoms with Crippen LogP contribution in [0, 0.1) is 5.92 Å². The van der Waals surface area contributed by atoms with Gasteiger partial charge in [-0.1, -0.05) is 0 Å². The molecule has 0 radical (unpaired) electrons. The number of likely N-dealkylation sites (tertiary alicyclic amines) is 1. The summed E-state index contributed by atoms with van der Waals surface area (Å²) in [6.07, 6.45) is 0. The molecule has 2 rings (SSSR count). The second-order valence-corrected chi connectivity index (χ2v) is 4.13. The van der Waals surface area contributed by atoms with E-state index in [0.717, 1.165) is 11.2 Å². The third kappa shape index (κ3) is 0.594. The Bertz CT molecular complexity index is 92.7. The third-order valence-electron chi connectivity index (χ3n) is 2.09. The lowest BCUT2D eigenvalue weighted by atomic mass is 10.1. The molecule has 2 aliphatic rings. The number of rotatable bonds is 0. The molecule has 2 fully saturated rings. The van der Waals surface area contributed by atoms with Crippen molar-refractivity contribution >= 4 is 11.8 Å². The lowest BCUT2D eigenvalue weighted by Gasteiger charge is -2.27. The molecule has 0 aliphatic carbocycles. The Labute approximate surface area is 54.4 Å². The minimum atomic E-state index is 1.01. The van der Waals surface area contributed by atoms with E-state index in [0.29, 0.717) is 0 Å². The van der Waals surface area contributed by atoms with Crippen molar-refractivity contribution in [3.05, 3.63) is 0 Å². The van der Waals surface area contributed by atoms with Gasteiger partial charge < -0.3 is 4.90 Å². The van der Waals surface area contributed by atoms with E-state index in [2.05, 4.69) is 23.7 Å². The summed E-state index contributed by atoms with van der Waals surface area (Å²) >= 11 is 2.14. The predicted octanol–water partition coefficient (Wildman–Crippen LogP) is 0.663. The molecule has 0 bridgehead atoms. The van der Waals surface area contributed by atoms with Gasteiger partial charge in [0.05, 0.1) is 0 Å². The standard InChI is InChI=1S/C6H11NS/c1-7-2-5-4-8-6(5)3-7/h5-6H,2-4H2,1H3. The first-order valence-electron chi connectivity index (χ1n) is 3.16. The van der Waals surface area contributed by atoms with Gasteiger partial charge in [0.25, 0.3) is 0 Å². The van der Waals surface area contributed by atoms with Gasteiger partial charge >= 0.3 is 0 Å². The highest BCUT2D eigenvalue weighted by atomic mass is 32.2. The zero-order valence-electron chi connectivity index (χ0n) is 5.13. The molecule has 0 amide bonds. The number of thioether (sulfide) groups is 1. The molecule has 0 N–H and O–H groups in total.